The molecule has 2 rings (SSSR count). The highest BCUT2D eigenvalue weighted by Crippen LogP contribution is 2.19. The molecule has 0 atom stereocenters. The number of nitrogens with zero attached hydrogens (tertiary/aromatic N) is 2. The average molecular weight is 372 g/mol. The van der Waals surface area contributed by atoms with E-state index in [-0.39, 0.29) is 18.4 Å². The van der Waals surface area contributed by atoms with Crippen LogP contribution in [0.3, 0.4) is 0 Å². The standard InChI is InChI=1S/C20H28N4O3/c1-14-8-9-15(2)18(11-14)27-10-6-5-7-19(25)21-22-20(26)13-24-17(4)12-16(3)23-24/h8-9,11-12H,5-7,10,13H2,1-4H3,(H,21,25)(H,22,26). The number of hydrogen-bond donors (Lipinski definition) is 2. The average Bonchev–Trinajstić information content (AvgIpc) is 2.92. The Morgan fingerprint density at radius 1 is 1.04 bits per heavy atom. The Bertz CT molecular complexity index is 799. The van der Waals surface area contributed by atoms with E-state index in [1.54, 1.807) is 4.68 Å². The maximum absolute atomic E-state index is 11.9. The summed E-state index contributed by atoms with van der Waals surface area (Å²) < 4.78 is 7.36. The SMILES string of the molecule is Cc1ccc(C)c(OCCCCC(=O)NNC(=O)Cn2nc(C)cc2C)c1. The molecule has 2 aromatic rings. The Morgan fingerprint density at radius 2 is 1.78 bits per heavy atom. The van der Waals surface area contributed by atoms with Crippen molar-refractivity contribution in [2.75, 3.05) is 6.61 Å². The van der Waals surface area contributed by atoms with Gasteiger partial charge in [0.1, 0.15) is 12.3 Å². The number of carbonyl (C=O) groups is 2. The van der Waals surface area contributed by atoms with E-state index in [0.717, 1.165) is 34.7 Å². The predicted octanol–water partition coefficient (Wildman–Crippen LogP) is 2.51. The molecule has 7 heteroatoms. The predicted molar refractivity (Wildman–Crippen MR) is 103 cm³/mol. The van der Waals surface area contributed by atoms with Crippen molar-refractivity contribution >= 4 is 11.8 Å². The van der Waals surface area contributed by atoms with Gasteiger partial charge in [0.25, 0.3) is 5.91 Å². The zero-order chi connectivity index (χ0) is 19.8. The van der Waals surface area contributed by atoms with E-state index >= 15 is 0 Å². The van der Waals surface area contributed by atoms with Crippen LogP contribution in [-0.2, 0) is 16.1 Å². The van der Waals surface area contributed by atoms with Crippen molar-refractivity contribution in [1.82, 2.24) is 20.6 Å². The van der Waals surface area contributed by atoms with E-state index in [9.17, 15) is 9.59 Å². The molecule has 2 amide bonds. The number of carbonyl (C=O) groups excluding carboxylic acids is 2. The summed E-state index contributed by atoms with van der Waals surface area (Å²) in [6.45, 7) is 8.42. The van der Waals surface area contributed by atoms with Gasteiger partial charge in [0, 0.05) is 12.1 Å². The van der Waals surface area contributed by atoms with Gasteiger partial charge in [-0.25, -0.2) is 0 Å². The van der Waals surface area contributed by atoms with Gasteiger partial charge in [-0.1, -0.05) is 12.1 Å². The molecule has 0 aliphatic heterocycles. The molecule has 0 fully saturated rings. The molecule has 7 nitrogen and oxygen atoms in total. The minimum absolute atomic E-state index is 0.0731. The summed E-state index contributed by atoms with van der Waals surface area (Å²) in [4.78, 5) is 23.7. The molecule has 0 aliphatic rings. The molecule has 146 valence electrons. The normalized spacial score (nSPS) is 10.5. The second-order valence-corrected chi connectivity index (χ2v) is 6.76. The van der Waals surface area contributed by atoms with Crippen molar-refractivity contribution in [1.29, 1.82) is 0 Å². The number of amides is 2. The van der Waals surface area contributed by atoms with Crippen LogP contribution >= 0.6 is 0 Å². The number of unbranched alkanes of at least 4 members (excludes halogenated alkanes) is 1. The van der Waals surface area contributed by atoms with Crippen molar-refractivity contribution in [3.8, 4) is 5.75 Å². The van der Waals surface area contributed by atoms with E-state index < -0.39 is 0 Å². The molecule has 0 unspecified atom stereocenters. The first-order valence-electron chi connectivity index (χ1n) is 9.14. The molecule has 27 heavy (non-hydrogen) atoms. The van der Waals surface area contributed by atoms with Crippen molar-refractivity contribution in [3.05, 3.63) is 46.8 Å². The summed E-state index contributed by atoms with van der Waals surface area (Å²) in [6.07, 6.45) is 1.78. The highest BCUT2D eigenvalue weighted by atomic mass is 16.5. The summed E-state index contributed by atoms with van der Waals surface area (Å²) in [6, 6.07) is 8.00. The lowest BCUT2D eigenvalue weighted by molar-refractivity contribution is -0.129. The Labute approximate surface area is 160 Å². The fourth-order valence-electron chi connectivity index (χ4n) is 2.65. The molecule has 2 N–H and O–H groups in total. The number of ether oxygens (including phenoxy) is 1. The maximum Gasteiger partial charge on any atom is 0.260 e. The molecule has 0 aliphatic carbocycles. The lowest BCUT2D eigenvalue weighted by atomic mass is 10.1. The lowest BCUT2D eigenvalue weighted by Crippen LogP contribution is -2.43. The van der Waals surface area contributed by atoms with Crippen LogP contribution in [0.4, 0.5) is 0 Å². The van der Waals surface area contributed by atoms with Crippen LogP contribution in [0, 0.1) is 27.7 Å². The summed E-state index contributed by atoms with van der Waals surface area (Å²) in [5.74, 6) is 0.354. The van der Waals surface area contributed by atoms with Crippen molar-refractivity contribution in [2.24, 2.45) is 0 Å². The molecule has 0 radical (unpaired) electrons. The highest BCUT2D eigenvalue weighted by molar-refractivity contribution is 5.81. The fourth-order valence-corrected chi connectivity index (χ4v) is 2.65. The van der Waals surface area contributed by atoms with E-state index in [2.05, 4.69) is 22.0 Å². The summed E-state index contributed by atoms with van der Waals surface area (Å²) in [7, 11) is 0. The number of nitrogens with one attached hydrogen (secondary N) is 2. The highest BCUT2D eigenvalue weighted by Gasteiger charge is 2.08. The van der Waals surface area contributed by atoms with E-state index in [1.807, 2.05) is 45.9 Å². The number of rotatable bonds is 8. The van der Waals surface area contributed by atoms with Crippen LogP contribution in [0.1, 0.15) is 41.8 Å². The Balaban J connectivity index is 1.60. The van der Waals surface area contributed by atoms with Crippen LogP contribution in [0.5, 0.6) is 5.75 Å². The third-order valence-corrected chi connectivity index (χ3v) is 4.14. The monoisotopic (exact) mass is 372 g/mol. The van der Waals surface area contributed by atoms with Gasteiger partial charge in [0.05, 0.1) is 12.3 Å². The Kier molecular flexibility index (Phi) is 7.40. The van der Waals surface area contributed by atoms with E-state index in [0.29, 0.717) is 19.4 Å². The van der Waals surface area contributed by atoms with Gasteiger partial charge in [-0.3, -0.25) is 25.1 Å². The van der Waals surface area contributed by atoms with E-state index in [1.165, 1.54) is 0 Å². The smallest absolute Gasteiger partial charge is 0.260 e. The van der Waals surface area contributed by atoms with Gasteiger partial charge < -0.3 is 4.74 Å². The first kappa shape index (κ1) is 20.5. The first-order valence-corrected chi connectivity index (χ1v) is 9.14. The lowest BCUT2D eigenvalue weighted by Gasteiger charge is -2.10. The Morgan fingerprint density at radius 3 is 2.48 bits per heavy atom. The number of hydrogen-bond acceptors (Lipinski definition) is 4. The number of hydrazine groups is 1. The van der Waals surface area contributed by atoms with Crippen molar-refractivity contribution in [3.63, 3.8) is 0 Å². The van der Waals surface area contributed by atoms with E-state index in [4.69, 9.17) is 4.74 Å². The van der Waals surface area contributed by atoms with Crippen molar-refractivity contribution in [2.45, 2.75) is 53.5 Å². The molecule has 1 aromatic heterocycles. The van der Waals surface area contributed by atoms with Crippen LogP contribution in [-0.4, -0.2) is 28.2 Å². The molecular formula is C20H28N4O3. The maximum atomic E-state index is 11.9. The zero-order valence-corrected chi connectivity index (χ0v) is 16.5. The molecule has 0 saturated carbocycles. The number of aryl methyl sites for hydroxylation is 4. The van der Waals surface area contributed by atoms with Crippen LogP contribution in [0.15, 0.2) is 24.3 Å². The van der Waals surface area contributed by atoms with Gasteiger partial charge >= 0.3 is 0 Å². The van der Waals surface area contributed by atoms with Crippen LogP contribution in [0.2, 0.25) is 0 Å². The van der Waals surface area contributed by atoms with Crippen molar-refractivity contribution < 1.29 is 14.3 Å². The Hall–Kier alpha value is -2.83. The molecule has 1 heterocycles. The third-order valence-electron chi connectivity index (χ3n) is 4.14. The second-order valence-electron chi connectivity index (χ2n) is 6.76. The largest absolute Gasteiger partial charge is 0.493 e. The minimum Gasteiger partial charge on any atom is -0.493 e. The number of benzene rings is 1. The molecular weight excluding hydrogens is 344 g/mol. The fraction of sp³-hybridized carbons (Fsp3) is 0.450. The number of aromatic nitrogens is 2. The first-order chi connectivity index (χ1) is 12.8. The molecule has 1 aromatic carbocycles. The summed E-state index contributed by atoms with van der Waals surface area (Å²) in [5, 5.41) is 4.21. The zero-order valence-electron chi connectivity index (χ0n) is 16.5. The van der Waals surface area contributed by atoms with Crippen LogP contribution in [0.25, 0.3) is 0 Å². The topological polar surface area (TPSA) is 85.3 Å². The quantitative estimate of drug-likeness (QED) is 0.551. The second kappa shape index (κ2) is 9.75. The van der Waals surface area contributed by atoms with Gasteiger partial charge in [0.15, 0.2) is 0 Å². The molecule has 0 spiro atoms. The van der Waals surface area contributed by atoms with Gasteiger partial charge in [-0.2, -0.15) is 5.10 Å². The van der Waals surface area contributed by atoms with Gasteiger partial charge in [-0.05, 0) is 63.8 Å². The summed E-state index contributed by atoms with van der Waals surface area (Å²) in [5.41, 5.74) is 8.86. The van der Waals surface area contributed by atoms with Crippen LogP contribution < -0.4 is 15.6 Å². The van der Waals surface area contributed by atoms with Gasteiger partial charge in [0.2, 0.25) is 5.91 Å². The van der Waals surface area contributed by atoms with Gasteiger partial charge in [-0.15, -0.1) is 0 Å². The summed E-state index contributed by atoms with van der Waals surface area (Å²) >= 11 is 0. The minimum atomic E-state index is -0.312. The molecule has 0 saturated heterocycles. The third kappa shape index (κ3) is 6.77. The molecule has 0 bridgehead atoms.